The molecule has 9 heteroatoms. The van der Waals surface area contributed by atoms with Gasteiger partial charge in [-0.1, -0.05) is 36.4 Å². The number of benzene rings is 2. The van der Waals surface area contributed by atoms with E-state index in [0.29, 0.717) is 39.9 Å². The first-order chi connectivity index (χ1) is 17.4. The quantitative estimate of drug-likeness (QED) is 0.366. The summed E-state index contributed by atoms with van der Waals surface area (Å²) in [6.45, 7) is 3.88. The Morgan fingerprint density at radius 1 is 1.00 bits per heavy atom. The van der Waals surface area contributed by atoms with Crippen molar-refractivity contribution >= 4 is 34.3 Å². The molecule has 36 heavy (non-hydrogen) atoms. The third-order valence-corrected chi connectivity index (χ3v) is 6.37. The van der Waals surface area contributed by atoms with E-state index in [4.69, 9.17) is 15.1 Å². The number of nitrogens with one attached hydrogen (secondary N) is 2. The summed E-state index contributed by atoms with van der Waals surface area (Å²) in [5, 5.41) is 11.7. The van der Waals surface area contributed by atoms with Crippen LogP contribution in [0, 0.1) is 5.82 Å². The molecule has 0 aliphatic carbocycles. The molecule has 2 N–H and O–H groups in total. The van der Waals surface area contributed by atoms with Gasteiger partial charge >= 0.3 is 0 Å². The summed E-state index contributed by atoms with van der Waals surface area (Å²) in [4.78, 5) is 26.8. The first-order valence-electron chi connectivity index (χ1n) is 11.5. The zero-order valence-electron chi connectivity index (χ0n) is 19.7. The number of aromatic nitrogens is 5. The molecule has 1 aliphatic rings. The van der Waals surface area contributed by atoms with Crippen molar-refractivity contribution in [2.24, 2.45) is 0 Å². The third kappa shape index (κ3) is 3.56. The van der Waals surface area contributed by atoms with Crippen molar-refractivity contribution in [3.63, 3.8) is 0 Å². The van der Waals surface area contributed by atoms with Gasteiger partial charge in [-0.25, -0.2) is 24.0 Å². The lowest BCUT2D eigenvalue weighted by Crippen LogP contribution is -2.27. The number of hydrogen-bond acceptors (Lipinski definition) is 6. The van der Waals surface area contributed by atoms with Gasteiger partial charge in [-0.15, -0.1) is 0 Å². The number of amides is 1. The fraction of sp³-hybridized carbons (Fsp3) is 0.148. The molecular formula is C27H22FN7O. The Morgan fingerprint density at radius 3 is 2.58 bits per heavy atom. The fourth-order valence-electron chi connectivity index (χ4n) is 4.45. The smallest absolute Gasteiger partial charge is 0.235 e. The van der Waals surface area contributed by atoms with Gasteiger partial charge in [-0.3, -0.25) is 4.79 Å². The monoisotopic (exact) mass is 479 g/mol. The molecule has 0 saturated heterocycles. The van der Waals surface area contributed by atoms with Crippen molar-refractivity contribution in [3.8, 4) is 11.5 Å². The number of hydrogen-bond donors (Lipinski definition) is 2. The lowest BCUT2D eigenvalue weighted by atomic mass is 9.87. The van der Waals surface area contributed by atoms with Gasteiger partial charge in [0.2, 0.25) is 5.91 Å². The number of rotatable bonds is 5. The molecule has 5 aromatic rings. The number of anilines is 3. The van der Waals surface area contributed by atoms with Crippen LogP contribution in [0.1, 0.15) is 25.0 Å². The molecule has 1 aliphatic heterocycles. The van der Waals surface area contributed by atoms with Crippen LogP contribution >= 0.6 is 0 Å². The predicted octanol–water partition coefficient (Wildman–Crippen LogP) is 5.05. The van der Waals surface area contributed by atoms with Gasteiger partial charge in [0.05, 0.1) is 22.9 Å². The average molecular weight is 480 g/mol. The number of fused-ring (bicyclic) bond motifs is 2. The Balaban J connectivity index is 1.52. The standard InChI is InChI=1S/C27H22FN7O/c1-27(2)20-22(30-17-10-4-3-5-11-17)31-24(32-23(20)33-26(27)36)21-18-12-8-14-29-25(18)35(34-21)15-16-9-6-7-13-19(16)28/h3-14H,15H2,1-2H3,(H2,30,31,32,33,36). The van der Waals surface area contributed by atoms with Crippen LogP contribution < -0.4 is 10.6 Å². The van der Waals surface area contributed by atoms with Crippen LogP contribution in [0.15, 0.2) is 72.9 Å². The first kappa shape index (κ1) is 21.8. The molecule has 0 fully saturated rings. The highest BCUT2D eigenvalue weighted by Crippen LogP contribution is 2.42. The lowest BCUT2D eigenvalue weighted by molar-refractivity contribution is -0.119. The van der Waals surface area contributed by atoms with Crippen LogP contribution in [-0.2, 0) is 16.8 Å². The van der Waals surface area contributed by atoms with Gasteiger partial charge in [0, 0.05) is 17.4 Å². The van der Waals surface area contributed by atoms with E-state index in [1.54, 1.807) is 29.1 Å². The van der Waals surface area contributed by atoms with Gasteiger partial charge in [0.15, 0.2) is 11.5 Å². The van der Waals surface area contributed by atoms with Crippen molar-refractivity contribution in [2.75, 3.05) is 10.6 Å². The molecule has 0 radical (unpaired) electrons. The maximum atomic E-state index is 14.4. The number of pyridine rings is 1. The van der Waals surface area contributed by atoms with Gasteiger partial charge in [-0.05, 0) is 44.2 Å². The molecule has 6 rings (SSSR count). The Bertz CT molecular complexity index is 1630. The minimum absolute atomic E-state index is 0.156. The number of carbonyl (C=O) groups is 1. The minimum atomic E-state index is -0.821. The van der Waals surface area contributed by atoms with Crippen molar-refractivity contribution in [3.05, 3.63) is 89.9 Å². The SMILES string of the molecule is CC1(C)C(=O)Nc2nc(-c3nn(Cc4ccccc4F)c4ncccc34)nc(Nc3ccccc3)c21. The first-order valence-corrected chi connectivity index (χ1v) is 11.5. The van der Waals surface area contributed by atoms with E-state index >= 15 is 0 Å². The molecule has 1 amide bonds. The molecule has 0 bridgehead atoms. The topological polar surface area (TPSA) is 97.6 Å². The highest BCUT2D eigenvalue weighted by molar-refractivity contribution is 6.07. The van der Waals surface area contributed by atoms with Gasteiger partial charge in [0.25, 0.3) is 0 Å². The van der Waals surface area contributed by atoms with E-state index < -0.39 is 5.41 Å². The Labute approximate surface area is 206 Å². The zero-order valence-corrected chi connectivity index (χ0v) is 19.7. The Hall–Kier alpha value is -4.66. The molecule has 0 saturated carbocycles. The molecule has 178 valence electrons. The summed E-state index contributed by atoms with van der Waals surface area (Å²) >= 11 is 0. The summed E-state index contributed by atoms with van der Waals surface area (Å²) in [5.41, 5.74) is 2.27. The summed E-state index contributed by atoms with van der Waals surface area (Å²) in [5.74, 6) is 0.818. The second kappa shape index (κ2) is 8.23. The molecule has 4 heterocycles. The summed E-state index contributed by atoms with van der Waals surface area (Å²) < 4.78 is 16.0. The maximum Gasteiger partial charge on any atom is 0.235 e. The molecule has 0 spiro atoms. The Morgan fingerprint density at radius 2 is 1.78 bits per heavy atom. The van der Waals surface area contributed by atoms with Gasteiger partial charge in [0.1, 0.15) is 23.1 Å². The van der Waals surface area contributed by atoms with Crippen molar-refractivity contribution in [1.29, 1.82) is 0 Å². The summed E-state index contributed by atoms with van der Waals surface area (Å²) in [6, 6.07) is 19.9. The molecule has 2 aromatic carbocycles. The second-order valence-corrected chi connectivity index (χ2v) is 9.16. The van der Waals surface area contributed by atoms with E-state index in [-0.39, 0.29) is 18.3 Å². The van der Waals surface area contributed by atoms with Crippen molar-refractivity contribution in [2.45, 2.75) is 25.8 Å². The Kier molecular flexibility index (Phi) is 4.99. The molecule has 0 unspecified atom stereocenters. The van der Waals surface area contributed by atoms with Gasteiger partial charge < -0.3 is 10.6 Å². The largest absolute Gasteiger partial charge is 0.340 e. The molecule has 8 nitrogen and oxygen atoms in total. The summed E-state index contributed by atoms with van der Waals surface area (Å²) in [6.07, 6.45) is 1.67. The minimum Gasteiger partial charge on any atom is -0.340 e. The number of halogens is 1. The number of nitrogens with zero attached hydrogens (tertiary/aromatic N) is 5. The fourth-order valence-corrected chi connectivity index (χ4v) is 4.45. The van der Waals surface area contributed by atoms with Crippen LogP contribution in [0.3, 0.4) is 0 Å². The van der Waals surface area contributed by atoms with Crippen LogP contribution in [-0.4, -0.2) is 30.6 Å². The predicted molar refractivity (Wildman–Crippen MR) is 135 cm³/mol. The van der Waals surface area contributed by atoms with Crippen molar-refractivity contribution < 1.29 is 9.18 Å². The lowest BCUT2D eigenvalue weighted by Gasteiger charge is -2.19. The molecule has 3 aromatic heterocycles. The normalized spacial score (nSPS) is 14.0. The van der Waals surface area contributed by atoms with Gasteiger partial charge in [-0.2, -0.15) is 5.10 Å². The average Bonchev–Trinajstić information content (AvgIpc) is 3.35. The highest BCUT2D eigenvalue weighted by Gasteiger charge is 2.43. The van der Waals surface area contributed by atoms with Crippen LogP contribution in [0.25, 0.3) is 22.6 Å². The van der Waals surface area contributed by atoms with E-state index in [0.717, 1.165) is 11.1 Å². The van der Waals surface area contributed by atoms with E-state index in [2.05, 4.69) is 15.6 Å². The number of para-hydroxylation sites is 1. The second-order valence-electron chi connectivity index (χ2n) is 9.16. The third-order valence-electron chi connectivity index (χ3n) is 6.37. The summed E-state index contributed by atoms with van der Waals surface area (Å²) in [7, 11) is 0. The molecule has 0 atom stereocenters. The van der Waals surface area contributed by atoms with E-state index in [1.165, 1.54) is 6.07 Å². The van der Waals surface area contributed by atoms with Crippen LogP contribution in [0.5, 0.6) is 0 Å². The highest BCUT2D eigenvalue weighted by atomic mass is 19.1. The van der Waals surface area contributed by atoms with Crippen molar-refractivity contribution in [1.82, 2.24) is 24.7 Å². The van der Waals surface area contributed by atoms with Crippen LogP contribution in [0.2, 0.25) is 0 Å². The zero-order chi connectivity index (χ0) is 24.9. The van der Waals surface area contributed by atoms with E-state index in [9.17, 15) is 9.18 Å². The molecular weight excluding hydrogens is 457 g/mol. The van der Waals surface area contributed by atoms with E-state index in [1.807, 2.05) is 56.3 Å². The maximum absolute atomic E-state index is 14.4. The van der Waals surface area contributed by atoms with Crippen LogP contribution in [0.4, 0.5) is 21.7 Å². The number of carbonyl (C=O) groups excluding carboxylic acids is 1.